The fourth-order valence-corrected chi connectivity index (χ4v) is 2.75. The van der Waals surface area contributed by atoms with E-state index in [0.29, 0.717) is 17.3 Å². The zero-order chi connectivity index (χ0) is 16.4. The van der Waals surface area contributed by atoms with Gasteiger partial charge in [0.1, 0.15) is 11.9 Å². The number of carbonyl (C=O) groups excluding carboxylic acids is 1. The Kier molecular flexibility index (Phi) is 4.44. The molecule has 2 amide bonds. The minimum Gasteiger partial charge on any atom is -0.486 e. The van der Waals surface area contributed by atoms with E-state index in [4.69, 9.17) is 16.3 Å². The lowest BCUT2D eigenvalue weighted by Crippen LogP contribution is -2.45. The number of benzene rings is 2. The van der Waals surface area contributed by atoms with Gasteiger partial charge in [0.2, 0.25) is 0 Å². The molecule has 0 saturated carbocycles. The first kappa shape index (κ1) is 15.7. The fourth-order valence-electron chi connectivity index (χ4n) is 2.56. The molecule has 23 heavy (non-hydrogen) atoms. The van der Waals surface area contributed by atoms with Crippen LogP contribution in [0.25, 0.3) is 0 Å². The zero-order valence-electron chi connectivity index (χ0n) is 13.2. The Balaban J connectivity index is 1.84. The monoisotopic (exact) mass is 330 g/mol. The van der Waals surface area contributed by atoms with E-state index in [9.17, 15) is 4.79 Å². The number of amides is 2. The Morgan fingerprint density at radius 1 is 1.35 bits per heavy atom. The number of anilines is 2. The molecule has 0 saturated heterocycles. The van der Waals surface area contributed by atoms with Crippen LogP contribution in [0.2, 0.25) is 5.02 Å². The summed E-state index contributed by atoms with van der Waals surface area (Å²) in [6, 6.07) is 12.9. The normalized spacial score (nSPS) is 16.5. The lowest BCUT2D eigenvalue weighted by atomic mass is 10.1. The second-order valence-electron chi connectivity index (χ2n) is 5.62. The van der Waals surface area contributed by atoms with Crippen molar-refractivity contribution in [3.05, 3.63) is 53.1 Å². The van der Waals surface area contributed by atoms with Gasteiger partial charge in [0.25, 0.3) is 0 Å². The number of nitrogens with one attached hydrogen (secondary N) is 1. The summed E-state index contributed by atoms with van der Waals surface area (Å²) in [5, 5.41) is 3.55. The molecule has 0 radical (unpaired) electrons. The van der Waals surface area contributed by atoms with E-state index in [1.54, 1.807) is 11.0 Å². The molecule has 1 unspecified atom stereocenters. The smallest absolute Gasteiger partial charge is 0.326 e. The summed E-state index contributed by atoms with van der Waals surface area (Å²) in [4.78, 5) is 14.4. The molecular formula is C18H19ClN2O2. The second kappa shape index (κ2) is 6.50. The lowest BCUT2D eigenvalue weighted by molar-refractivity contribution is 0.188. The van der Waals surface area contributed by atoms with Crippen molar-refractivity contribution in [3.63, 3.8) is 0 Å². The molecule has 4 nitrogen and oxygen atoms in total. The number of aryl methyl sites for hydroxylation is 1. The summed E-state index contributed by atoms with van der Waals surface area (Å²) in [5.41, 5.74) is 2.45. The van der Waals surface area contributed by atoms with E-state index in [1.807, 2.05) is 43.3 Å². The molecule has 2 aromatic carbocycles. The van der Waals surface area contributed by atoms with Gasteiger partial charge in [0, 0.05) is 10.7 Å². The lowest BCUT2D eigenvalue weighted by Gasteiger charge is -2.34. The molecule has 1 aliphatic heterocycles. The maximum absolute atomic E-state index is 12.7. The van der Waals surface area contributed by atoms with Gasteiger partial charge in [-0.2, -0.15) is 0 Å². The molecule has 1 N–H and O–H groups in total. The Hall–Kier alpha value is -2.20. The summed E-state index contributed by atoms with van der Waals surface area (Å²) in [6.45, 7) is 4.51. The topological polar surface area (TPSA) is 41.6 Å². The van der Waals surface area contributed by atoms with Crippen LogP contribution in [0.15, 0.2) is 42.5 Å². The highest BCUT2D eigenvalue weighted by Gasteiger charge is 2.28. The van der Waals surface area contributed by atoms with Crippen LogP contribution >= 0.6 is 11.6 Å². The fraction of sp³-hybridized carbons (Fsp3) is 0.278. The van der Waals surface area contributed by atoms with E-state index in [2.05, 4.69) is 12.2 Å². The van der Waals surface area contributed by atoms with Crippen molar-refractivity contribution < 1.29 is 9.53 Å². The van der Waals surface area contributed by atoms with Gasteiger partial charge in [0.15, 0.2) is 0 Å². The average molecular weight is 331 g/mol. The third-order valence-corrected chi connectivity index (χ3v) is 4.37. The summed E-state index contributed by atoms with van der Waals surface area (Å²) >= 11 is 6.12. The summed E-state index contributed by atoms with van der Waals surface area (Å²) < 4.78 is 5.90. The van der Waals surface area contributed by atoms with Crippen molar-refractivity contribution in [1.82, 2.24) is 0 Å². The highest BCUT2D eigenvalue weighted by Crippen LogP contribution is 2.34. The van der Waals surface area contributed by atoms with Crippen LogP contribution in [0, 0.1) is 6.92 Å². The van der Waals surface area contributed by atoms with Crippen LogP contribution in [0.1, 0.15) is 18.9 Å². The molecule has 1 aliphatic rings. The molecule has 1 heterocycles. The van der Waals surface area contributed by atoms with Gasteiger partial charge in [0.05, 0.1) is 12.2 Å². The van der Waals surface area contributed by atoms with Crippen molar-refractivity contribution in [1.29, 1.82) is 0 Å². The number of urea groups is 1. The second-order valence-corrected chi connectivity index (χ2v) is 6.03. The van der Waals surface area contributed by atoms with E-state index in [1.165, 1.54) is 0 Å². The van der Waals surface area contributed by atoms with Gasteiger partial charge >= 0.3 is 6.03 Å². The minimum absolute atomic E-state index is 0.00254. The predicted octanol–water partition coefficient (Wildman–Crippen LogP) is 4.86. The Morgan fingerprint density at radius 3 is 2.87 bits per heavy atom. The van der Waals surface area contributed by atoms with E-state index < -0.39 is 0 Å². The van der Waals surface area contributed by atoms with Gasteiger partial charge in [-0.05, 0) is 43.2 Å². The van der Waals surface area contributed by atoms with Crippen LogP contribution in [0.3, 0.4) is 0 Å². The highest BCUT2D eigenvalue weighted by molar-refractivity contribution is 6.31. The molecule has 0 spiro atoms. The summed E-state index contributed by atoms with van der Waals surface area (Å²) in [6.07, 6.45) is 0.839. The number of hydrogen-bond donors (Lipinski definition) is 1. The maximum Gasteiger partial charge on any atom is 0.326 e. The number of nitrogens with zero attached hydrogens (tertiary/aromatic N) is 1. The molecular weight excluding hydrogens is 312 g/mol. The summed E-state index contributed by atoms with van der Waals surface area (Å²) in [7, 11) is 0. The molecule has 0 aliphatic carbocycles. The van der Waals surface area contributed by atoms with E-state index >= 15 is 0 Å². The van der Waals surface area contributed by atoms with Gasteiger partial charge in [-0.25, -0.2) is 4.79 Å². The third kappa shape index (κ3) is 3.27. The number of para-hydroxylation sites is 2. The van der Waals surface area contributed by atoms with Gasteiger partial charge < -0.3 is 10.1 Å². The molecule has 120 valence electrons. The number of rotatable bonds is 2. The maximum atomic E-state index is 12.7. The van der Waals surface area contributed by atoms with Crippen molar-refractivity contribution >= 4 is 29.0 Å². The van der Waals surface area contributed by atoms with E-state index in [-0.39, 0.29) is 12.1 Å². The minimum atomic E-state index is -0.181. The Morgan fingerprint density at radius 2 is 2.13 bits per heavy atom. The number of carbonyl (C=O) groups is 1. The SMILES string of the molecule is CCC1CN(C(=O)Nc2ccc(C)c(Cl)c2)c2ccccc2O1. The van der Waals surface area contributed by atoms with Crippen LogP contribution in [0.4, 0.5) is 16.2 Å². The van der Waals surface area contributed by atoms with Crippen molar-refractivity contribution in [2.45, 2.75) is 26.4 Å². The number of halogens is 1. The number of ether oxygens (including phenoxy) is 1. The van der Waals surface area contributed by atoms with E-state index in [0.717, 1.165) is 23.4 Å². The molecule has 5 heteroatoms. The van der Waals surface area contributed by atoms with Crippen LogP contribution in [-0.4, -0.2) is 18.7 Å². The zero-order valence-corrected chi connectivity index (χ0v) is 13.9. The highest BCUT2D eigenvalue weighted by atomic mass is 35.5. The predicted molar refractivity (Wildman–Crippen MR) is 93.7 cm³/mol. The first-order valence-corrected chi connectivity index (χ1v) is 8.06. The Bertz CT molecular complexity index is 733. The average Bonchev–Trinajstić information content (AvgIpc) is 2.57. The molecule has 3 rings (SSSR count). The number of hydrogen-bond acceptors (Lipinski definition) is 2. The summed E-state index contributed by atoms with van der Waals surface area (Å²) in [5.74, 6) is 0.739. The van der Waals surface area contributed by atoms with Crippen molar-refractivity contribution in [2.24, 2.45) is 0 Å². The van der Waals surface area contributed by atoms with Crippen LogP contribution in [-0.2, 0) is 0 Å². The molecule has 0 aromatic heterocycles. The largest absolute Gasteiger partial charge is 0.486 e. The molecule has 1 atom stereocenters. The Labute approximate surface area is 141 Å². The van der Waals surface area contributed by atoms with Crippen molar-refractivity contribution in [3.8, 4) is 5.75 Å². The standard InChI is InChI=1S/C18H19ClN2O2/c1-3-14-11-21(16-6-4-5-7-17(16)23-14)18(22)20-13-9-8-12(2)15(19)10-13/h4-10,14H,3,11H2,1-2H3,(H,20,22). The first-order chi connectivity index (χ1) is 11.1. The van der Waals surface area contributed by atoms with Crippen molar-refractivity contribution in [2.75, 3.05) is 16.8 Å². The first-order valence-electron chi connectivity index (χ1n) is 7.69. The molecule has 2 aromatic rings. The van der Waals surface area contributed by atoms with Gasteiger partial charge in [-0.15, -0.1) is 0 Å². The third-order valence-electron chi connectivity index (χ3n) is 3.96. The van der Waals surface area contributed by atoms with Crippen LogP contribution in [0.5, 0.6) is 5.75 Å². The van der Waals surface area contributed by atoms with Gasteiger partial charge in [-0.3, -0.25) is 4.90 Å². The number of fused-ring (bicyclic) bond motifs is 1. The van der Waals surface area contributed by atoms with Crippen LogP contribution < -0.4 is 15.0 Å². The van der Waals surface area contributed by atoms with Gasteiger partial charge in [-0.1, -0.05) is 36.7 Å². The molecule has 0 fully saturated rings. The molecule has 0 bridgehead atoms. The quantitative estimate of drug-likeness (QED) is 0.854.